The summed E-state index contributed by atoms with van der Waals surface area (Å²) in [7, 11) is 0. The molecular weight excluding hydrogens is 362 g/mol. The van der Waals surface area contributed by atoms with Gasteiger partial charge in [0, 0.05) is 11.4 Å². The summed E-state index contributed by atoms with van der Waals surface area (Å²) in [4.78, 5) is 12.6. The molecule has 0 saturated carbocycles. The van der Waals surface area contributed by atoms with E-state index in [1.165, 1.54) is 16.4 Å². The molecule has 142 valence electrons. The van der Waals surface area contributed by atoms with Crippen molar-refractivity contribution >= 4 is 23.4 Å². The molecule has 2 aromatic heterocycles. The molecule has 0 aliphatic rings. The Morgan fingerprint density at radius 2 is 1.93 bits per heavy atom. The molecule has 8 nitrogen and oxygen atoms in total. The lowest BCUT2D eigenvalue weighted by atomic mass is 10.1. The first kappa shape index (κ1) is 19.0. The van der Waals surface area contributed by atoms with Crippen molar-refractivity contribution in [2.75, 3.05) is 11.2 Å². The van der Waals surface area contributed by atoms with E-state index >= 15 is 0 Å². The van der Waals surface area contributed by atoms with Gasteiger partial charge in [-0.3, -0.25) is 4.79 Å². The summed E-state index contributed by atoms with van der Waals surface area (Å²) in [6.45, 7) is 9.61. The number of hydrogen-bond donors (Lipinski definition) is 2. The van der Waals surface area contributed by atoms with Crippen molar-refractivity contribution in [3.63, 3.8) is 0 Å². The van der Waals surface area contributed by atoms with Gasteiger partial charge >= 0.3 is 0 Å². The van der Waals surface area contributed by atoms with Gasteiger partial charge in [0.1, 0.15) is 0 Å². The fraction of sp³-hybridized carbons (Fsp3) is 0.333. The first-order valence-electron chi connectivity index (χ1n) is 8.55. The molecule has 2 heterocycles. The highest BCUT2D eigenvalue weighted by Crippen LogP contribution is 2.24. The summed E-state index contributed by atoms with van der Waals surface area (Å²) < 4.78 is 2.98. The number of hydrogen-bond acceptors (Lipinski definition) is 6. The fourth-order valence-electron chi connectivity index (χ4n) is 2.73. The molecule has 1 atom stereocenters. The van der Waals surface area contributed by atoms with Crippen LogP contribution in [0.1, 0.15) is 29.4 Å². The van der Waals surface area contributed by atoms with Crippen molar-refractivity contribution in [2.24, 2.45) is 0 Å². The third-order valence-corrected chi connectivity index (χ3v) is 5.19. The van der Waals surface area contributed by atoms with Gasteiger partial charge < -0.3 is 11.2 Å². The molecule has 3 rings (SSSR count). The van der Waals surface area contributed by atoms with Gasteiger partial charge in [0.05, 0.1) is 10.9 Å². The topological polar surface area (TPSA) is 104 Å². The van der Waals surface area contributed by atoms with Crippen LogP contribution in [0.2, 0.25) is 0 Å². The maximum atomic E-state index is 12.6. The Bertz CT molecular complexity index is 992. The second-order valence-electron chi connectivity index (χ2n) is 6.56. The van der Waals surface area contributed by atoms with E-state index in [4.69, 9.17) is 5.84 Å². The van der Waals surface area contributed by atoms with Crippen molar-refractivity contribution in [3.05, 3.63) is 46.8 Å². The minimum Gasteiger partial charge on any atom is -0.334 e. The fourth-order valence-corrected chi connectivity index (χ4v) is 3.49. The molecular formula is C18H23N7OS. The standard InChI is InChI=1S/C18H23N7OS/c1-10-6-7-15(11(2)8-10)20-16(26)14(5)27-18-22-21-17(24(18)19)25-13(4)9-12(3)23-25/h6-9,14H,19H2,1-5H3,(H,20,26)/t14-/m1/s1. The third-order valence-electron chi connectivity index (χ3n) is 4.14. The Morgan fingerprint density at radius 3 is 2.56 bits per heavy atom. The Kier molecular flexibility index (Phi) is 5.22. The predicted octanol–water partition coefficient (Wildman–Crippen LogP) is 2.53. The van der Waals surface area contributed by atoms with Crippen LogP contribution in [0.4, 0.5) is 5.69 Å². The number of aromatic nitrogens is 5. The Labute approximate surface area is 162 Å². The lowest BCUT2D eigenvalue weighted by Crippen LogP contribution is -2.24. The lowest BCUT2D eigenvalue weighted by molar-refractivity contribution is -0.115. The molecule has 0 spiro atoms. The minimum absolute atomic E-state index is 0.123. The summed E-state index contributed by atoms with van der Waals surface area (Å²) in [5, 5.41) is 15.6. The van der Waals surface area contributed by atoms with E-state index in [1.54, 1.807) is 11.6 Å². The number of anilines is 1. The lowest BCUT2D eigenvalue weighted by Gasteiger charge is -2.13. The number of carbonyl (C=O) groups is 1. The quantitative estimate of drug-likeness (QED) is 0.517. The van der Waals surface area contributed by atoms with Crippen LogP contribution >= 0.6 is 11.8 Å². The molecule has 0 fully saturated rings. The highest BCUT2D eigenvalue weighted by molar-refractivity contribution is 8.00. The molecule has 3 N–H and O–H groups in total. The summed E-state index contributed by atoms with van der Waals surface area (Å²) >= 11 is 1.25. The maximum Gasteiger partial charge on any atom is 0.271 e. The number of nitrogen functional groups attached to an aromatic ring is 1. The number of benzene rings is 1. The third kappa shape index (κ3) is 3.97. The predicted molar refractivity (Wildman–Crippen MR) is 107 cm³/mol. The molecule has 0 aliphatic heterocycles. The van der Waals surface area contributed by atoms with Gasteiger partial charge in [-0.2, -0.15) is 5.10 Å². The van der Waals surface area contributed by atoms with Crippen molar-refractivity contribution in [1.82, 2.24) is 24.7 Å². The molecule has 0 unspecified atom stereocenters. The number of nitrogens with one attached hydrogen (secondary N) is 1. The van der Waals surface area contributed by atoms with Gasteiger partial charge in [-0.15, -0.1) is 10.2 Å². The van der Waals surface area contributed by atoms with Crippen molar-refractivity contribution in [1.29, 1.82) is 0 Å². The van der Waals surface area contributed by atoms with Crippen LogP contribution < -0.4 is 11.2 Å². The average molecular weight is 385 g/mol. The Balaban J connectivity index is 1.73. The largest absolute Gasteiger partial charge is 0.334 e. The Morgan fingerprint density at radius 1 is 1.19 bits per heavy atom. The zero-order chi connectivity index (χ0) is 19.7. The van der Waals surface area contributed by atoms with E-state index in [0.29, 0.717) is 11.1 Å². The van der Waals surface area contributed by atoms with E-state index < -0.39 is 5.25 Å². The molecule has 1 aromatic carbocycles. The van der Waals surface area contributed by atoms with Crippen molar-refractivity contribution in [2.45, 2.75) is 45.0 Å². The summed E-state index contributed by atoms with van der Waals surface area (Å²) in [6, 6.07) is 7.84. The number of carbonyl (C=O) groups excluding carboxylic acids is 1. The number of nitrogens with zero attached hydrogens (tertiary/aromatic N) is 5. The van der Waals surface area contributed by atoms with Gasteiger partial charge in [0.2, 0.25) is 11.1 Å². The molecule has 3 aromatic rings. The van der Waals surface area contributed by atoms with Crippen LogP contribution in [0, 0.1) is 27.7 Å². The van der Waals surface area contributed by atoms with E-state index in [9.17, 15) is 4.79 Å². The zero-order valence-electron chi connectivity index (χ0n) is 16.0. The van der Waals surface area contributed by atoms with E-state index in [0.717, 1.165) is 28.2 Å². The molecule has 0 bridgehead atoms. The number of nitrogens with two attached hydrogens (primary N) is 1. The van der Waals surface area contributed by atoms with Gasteiger partial charge in [-0.25, -0.2) is 9.36 Å². The second-order valence-corrected chi connectivity index (χ2v) is 7.87. The van der Waals surface area contributed by atoms with Gasteiger partial charge in [0.25, 0.3) is 5.95 Å². The number of thioether (sulfide) groups is 1. The normalized spacial score (nSPS) is 12.2. The van der Waals surface area contributed by atoms with Crippen LogP contribution in [0.15, 0.2) is 29.4 Å². The highest BCUT2D eigenvalue weighted by atomic mass is 32.2. The van der Waals surface area contributed by atoms with Crippen LogP contribution in [-0.2, 0) is 4.79 Å². The van der Waals surface area contributed by atoms with E-state index in [-0.39, 0.29) is 5.91 Å². The average Bonchev–Trinajstić information content (AvgIpc) is 3.12. The van der Waals surface area contributed by atoms with E-state index in [1.807, 2.05) is 52.0 Å². The summed E-state index contributed by atoms with van der Waals surface area (Å²) in [5.74, 6) is 6.42. The number of aryl methyl sites for hydroxylation is 4. The molecule has 1 amide bonds. The number of amides is 1. The molecule has 27 heavy (non-hydrogen) atoms. The maximum absolute atomic E-state index is 12.6. The SMILES string of the molecule is Cc1ccc(NC(=O)[C@@H](C)Sc2nnc(-n3nc(C)cc3C)n2N)c(C)c1. The molecule has 0 saturated heterocycles. The first-order valence-corrected chi connectivity index (χ1v) is 9.43. The van der Waals surface area contributed by atoms with Gasteiger partial charge in [-0.05, 0) is 52.3 Å². The smallest absolute Gasteiger partial charge is 0.271 e. The number of rotatable bonds is 5. The first-order chi connectivity index (χ1) is 12.8. The summed E-state index contributed by atoms with van der Waals surface area (Å²) in [6.07, 6.45) is 0. The molecule has 0 aliphatic carbocycles. The minimum atomic E-state index is -0.398. The van der Waals surface area contributed by atoms with Crippen LogP contribution in [-0.4, -0.2) is 35.8 Å². The van der Waals surface area contributed by atoms with Crippen LogP contribution in [0.5, 0.6) is 0 Å². The van der Waals surface area contributed by atoms with Crippen LogP contribution in [0.25, 0.3) is 5.95 Å². The van der Waals surface area contributed by atoms with Gasteiger partial charge in [-0.1, -0.05) is 29.5 Å². The zero-order valence-corrected chi connectivity index (χ0v) is 16.8. The second kappa shape index (κ2) is 7.43. The van der Waals surface area contributed by atoms with E-state index in [2.05, 4.69) is 20.6 Å². The highest BCUT2D eigenvalue weighted by Gasteiger charge is 2.21. The Hall–Kier alpha value is -2.81. The molecule has 0 radical (unpaired) electrons. The van der Waals surface area contributed by atoms with Gasteiger partial charge in [0.15, 0.2) is 0 Å². The van der Waals surface area contributed by atoms with Crippen molar-refractivity contribution < 1.29 is 4.79 Å². The van der Waals surface area contributed by atoms with Crippen LogP contribution in [0.3, 0.4) is 0 Å². The summed E-state index contributed by atoms with van der Waals surface area (Å²) in [5.41, 5.74) is 4.75. The molecule has 9 heteroatoms. The monoisotopic (exact) mass is 385 g/mol. The van der Waals surface area contributed by atoms with Crippen molar-refractivity contribution in [3.8, 4) is 5.95 Å².